The van der Waals surface area contributed by atoms with E-state index in [1.165, 1.54) is 122 Å². The zero-order valence-corrected chi connectivity index (χ0v) is 48.5. The molecule has 0 aliphatic heterocycles. The number of esters is 3. The third-order valence-corrected chi connectivity index (χ3v) is 13.9. The summed E-state index contributed by atoms with van der Waals surface area (Å²) in [4.78, 5) is 48.6. The van der Waals surface area contributed by atoms with Crippen molar-refractivity contribution in [3.8, 4) is 0 Å². The van der Waals surface area contributed by atoms with Crippen LogP contribution >= 0.6 is 7.82 Å². The van der Waals surface area contributed by atoms with Crippen molar-refractivity contribution in [1.29, 1.82) is 0 Å². The Bertz CT molecular complexity index is 1470. The molecule has 0 saturated carbocycles. The van der Waals surface area contributed by atoms with E-state index in [-0.39, 0.29) is 25.9 Å². The van der Waals surface area contributed by atoms with Crippen LogP contribution in [0.15, 0.2) is 60.8 Å². The summed E-state index contributed by atoms with van der Waals surface area (Å²) in [5, 5.41) is 9.83. The zero-order valence-electron chi connectivity index (χ0n) is 47.6. The van der Waals surface area contributed by atoms with Gasteiger partial charge in [-0.25, -0.2) is 4.57 Å². The average Bonchev–Trinajstić information content (AvgIpc) is 3.39. The molecule has 0 aliphatic carbocycles. The van der Waals surface area contributed by atoms with Crippen molar-refractivity contribution < 1.29 is 52.2 Å². The van der Waals surface area contributed by atoms with Gasteiger partial charge in [0.15, 0.2) is 6.10 Å². The molecule has 0 amide bonds. The Labute approximate surface area is 453 Å². The molecule has 11 nitrogen and oxygen atoms in total. The number of rotatable bonds is 56. The lowest BCUT2D eigenvalue weighted by Crippen LogP contribution is -2.30. The van der Waals surface area contributed by atoms with Crippen molar-refractivity contribution in [1.82, 2.24) is 0 Å². The first-order valence-electron chi connectivity index (χ1n) is 30.2. The number of carbonyl (C=O) groups is 3. The van der Waals surface area contributed by atoms with Crippen molar-refractivity contribution in [3.05, 3.63) is 60.8 Å². The van der Waals surface area contributed by atoms with E-state index in [0.717, 1.165) is 96.3 Å². The highest BCUT2D eigenvalue weighted by molar-refractivity contribution is 7.47. The largest absolute Gasteiger partial charge is 0.472 e. The first-order chi connectivity index (χ1) is 36.2. The van der Waals surface area contributed by atoms with Crippen LogP contribution in [0.3, 0.4) is 0 Å². The van der Waals surface area contributed by atoms with E-state index in [1.807, 2.05) is 0 Å². The molecule has 3 unspecified atom stereocenters. The Kier molecular flexibility index (Phi) is 54.2. The fraction of sp³-hybridized carbons (Fsp3) is 0.790. The van der Waals surface area contributed by atoms with Crippen molar-refractivity contribution in [2.75, 3.05) is 26.4 Å². The first-order valence-corrected chi connectivity index (χ1v) is 31.7. The molecule has 0 aromatic rings. The second-order valence-corrected chi connectivity index (χ2v) is 21.6. The third-order valence-electron chi connectivity index (χ3n) is 12.9. The molecule has 0 aliphatic rings. The molecule has 0 saturated heterocycles. The molecule has 0 spiro atoms. The van der Waals surface area contributed by atoms with E-state index < -0.39 is 57.8 Å². The summed E-state index contributed by atoms with van der Waals surface area (Å²) < 4.78 is 39.5. The lowest BCUT2D eigenvalue weighted by Gasteiger charge is -2.21. The number of hydrogen-bond donors (Lipinski definition) is 2. The standard InChI is InChI=1S/C62H111O11P/c1-4-7-10-13-16-19-22-25-27-29-31-34-37-40-43-46-49-52-61(65)72-58(54-63)56-70-74(67,68)71-57-59(55-69-60(64)51-48-45-42-39-36-33-24-21-18-15-12-9-6-3)73-62(66)53-50-47-44-41-38-35-32-30-28-26-23-20-17-14-11-8-5-2/h9,12,17-18,20-21,26,28,33,36,58-59,63H,4-8,10-11,13-16,19,22-25,27,29-32,34-35,37-57H2,1-3H3,(H,67,68)/b12-9-,20-17-,21-18-,28-26-,36-33-. The van der Waals surface area contributed by atoms with Crippen LogP contribution in [0.4, 0.5) is 0 Å². The molecular weight excluding hydrogens is 952 g/mol. The molecule has 0 bridgehead atoms. The van der Waals surface area contributed by atoms with E-state index in [9.17, 15) is 28.9 Å². The topological polar surface area (TPSA) is 155 Å². The lowest BCUT2D eigenvalue weighted by atomic mass is 10.0. The fourth-order valence-electron chi connectivity index (χ4n) is 8.34. The molecule has 0 radical (unpaired) electrons. The third kappa shape index (κ3) is 54.0. The van der Waals surface area contributed by atoms with E-state index in [1.54, 1.807) is 0 Å². The minimum atomic E-state index is -4.76. The Morgan fingerprint density at radius 1 is 0.392 bits per heavy atom. The van der Waals surface area contributed by atoms with Crippen LogP contribution < -0.4 is 0 Å². The molecular formula is C62H111O11P. The number of allylic oxidation sites excluding steroid dienone is 10. The van der Waals surface area contributed by atoms with Gasteiger partial charge >= 0.3 is 25.7 Å². The number of ether oxygens (including phenoxy) is 3. The molecule has 12 heteroatoms. The lowest BCUT2D eigenvalue weighted by molar-refractivity contribution is -0.161. The van der Waals surface area contributed by atoms with Crippen LogP contribution in [0.5, 0.6) is 0 Å². The smallest absolute Gasteiger partial charge is 0.462 e. The normalized spacial score (nSPS) is 13.7. The maximum atomic E-state index is 12.9. The predicted octanol–water partition coefficient (Wildman–Crippen LogP) is 17.9. The minimum Gasteiger partial charge on any atom is -0.462 e. The number of phosphoric ester groups is 1. The monoisotopic (exact) mass is 1060 g/mol. The van der Waals surface area contributed by atoms with Gasteiger partial charge in [-0.3, -0.25) is 23.4 Å². The highest BCUT2D eigenvalue weighted by Crippen LogP contribution is 2.43. The predicted molar refractivity (Wildman–Crippen MR) is 307 cm³/mol. The van der Waals surface area contributed by atoms with Gasteiger partial charge in [-0.15, -0.1) is 0 Å². The summed E-state index contributed by atoms with van der Waals surface area (Å²) in [6, 6.07) is 0. The van der Waals surface area contributed by atoms with Gasteiger partial charge in [0.05, 0.1) is 19.8 Å². The summed E-state index contributed by atoms with van der Waals surface area (Å²) >= 11 is 0. The molecule has 74 heavy (non-hydrogen) atoms. The van der Waals surface area contributed by atoms with Crippen LogP contribution in [0.2, 0.25) is 0 Å². The van der Waals surface area contributed by atoms with Crippen LogP contribution in [0.1, 0.15) is 278 Å². The number of carbonyl (C=O) groups excluding carboxylic acids is 3. The van der Waals surface area contributed by atoms with Gasteiger partial charge in [0.2, 0.25) is 0 Å². The molecule has 0 aromatic heterocycles. The zero-order chi connectivity index (χ0) is 54.1. The molecule has 3 atom stereocenters. The van der Waals surface area contributed by atoms with E-state index >= 15 is 0 Å². The Morgan fingerprint density at radius 3 is 1.12 bits per heavy atom. The molecule has 430 valence electrons. The van der Waals surface area contributed by atoms with Crippen LogP contribution in [-0.4, -0.2) is 66.5 Å². The van der Waals surface area contributed by atoms with E-state index in [4.69, 9.17) is 23.3 Å². The van der Waals surface area contributed by atoms with Gasteiger partial charge < -0.3 is 24.2 Å². The molecule has 0 rings (SSSR count). The maximum Gasteiger partial charge on any atom is 0.472 e. The Balaban J connectivity index is 4.69. The Morgan fingerprint density at radius 2 is 0.703 bits per heavy atom. The summed E-state index contributed by atoms with van der Waals surface area (Å²) in [7, 11) is -4.76. The fourth-order valence-corrected chi connectivity index (χ4v) is 9.13. The Hall–Kier alpha value is -2.82. The maximum absolute atomic E-state index is 12.9. The van der Waals surface area contributed by atoms with Gasteiger partial charge in [-0.1, -0.05) is 236 Å². The molecule has 0 fully saturated rings. The van der Waals surface area contributed by atoms with Gasteiger partial charge in [0, 0.05) is 19.3 Å². The minimum absolute atomic E-state index is 0.152. The molecule has 0 heterocycles. The molecule has 2 N–H and O–H groups in total. The number of aliphatic hydroxyl groups excluding tert-OH is 1. The first kappa shape index (κ1) is 71.2. The van der Waals surface area contributed by atoms with Crippen molar-refractivity contribution in [2.24, 2.45) is 0 Å². The van der Waals surface area contributed by atoms with E-state index in [2.05, 4.69) is 81.5 Å². The summed E-state index contributed by atoms with van der Waals surface area (Å²) in [5.41, 5.74) is 0. The van der Waals surface area contributed by atoms with Gasteiger partial charge in [0.1, 0.15) is 12.7 Å². The summed E-state index contributed by atoms with van der Waals surface area (Å²) in [6.07, 6.45) is 61.8. The quantitative estimate of drug-likeness (QED) is 0.0197. The van der Waals surface area contributed by atoms with Crippen LogP contribution in [0.25, 0.3) is 0 Å². The number of aliphatic hydroxyl groups is 1. The molecule has 0 aromatic carbocycles. The highest BCUT2D eigenvalue weighted by Gasteiger charge is 2.28. The summed E-state index contributed by atoms with van der Waals surface area (Å²) in [6.45, 7) is 4.50. The van der Waals surface area contributed by atoms with Gasteiger partial charge in [0.25, 0.3) is 0 Å². The van der Waals surface area contributed by atoms with Crippen LogP contribution in [0, 0.1) is 0 Å². The summed E-state index contributed by atoms with van der Waals surface area (Å²) in [5.74, 6) is -1.50. The van der Waals surface area contributed by atoms with Crippen molar-refractivity contribution in [2.45, 2.75) is 290 Å². The van der Waals surface area contributed by atoms with Gasteiger partial charge in [-0.2, -0.15) is 0 Å². The average molecular weight is 1060 g/mol. The van der Waals surface area contributed by atoms with Gasteiger partial charge in [-0.05, 0) is 83.5 Å². The number of hydrogen-bond acceptors (Lipinski definition) is 10. The SMILES string of the molecule is CC/C=C\C/C=C\C/C=C\CCCCCC(=O)OCC(COP(=O)(O)OCC(CO)OC(=O)CCCCCCCCCCCCCCCCCCC)OC(=O)CCCCCCCCC/C=C\C/C=C\CCCCC. The number of phosphoric acid groups is 1. The van der Waals surface area contributed by atoms with Crippen LogP contribution in [-0.2, 0) is 42.2 Å². The van der Waals surface area contributed by atoms with E-state index in [0.29, 0.717) is 19.3 Å². The van der Waals surface area contributed by atoms with Crippen molar-refractivity contribution >= 4 is 25.7 Å². The highest BCUT2D eigenvalue weighted by atomic mass is 31.2. The second-order valence-electron chi connectivity index (χ2n) is 20.1. The number of unbranched alkanes of at least 4 members (excludes halogenated alkanes) is 29. The second kappa shape index (κ2) is 56.4. The van der Waals surface area contributed by atoms with Crippen molar-refractivity contribution in [3.63, 3.8) is 0 Å².